The average molecular weight is 838 g/mol. The minimum Gasteiger partial charge on any atom is -0.333 e. The molecule has 58 heavy (non-hydrogen) atoms. The molecule has 0 unspecified atom stereocenters. The highest BCUT2D eigenvalue weighted by molar-refractivity contribution is 7.16. The maximum atomic E-state index is 12.9. The van der Waals surface area contributed by atoms with Crippen LogP contribution >= 0.6 is 45.9 Å². The van der Waals surface area contributed by atoms with Crippen molar-refractivity contribution in [3.8, 4) is 12.1 Å². The molecule has 0 fully saturated rings. The first kappa shape index (κ1) is 40.5. The molecule has 8 rings (SSSR count). The lowest BCUT2D eigenvalue weighted by molar-refractivity contribution is -0.127. The summed E-state index contributed by atoms with van der Waals surface area (Å²) in [6, 6.07) is 39.3. The summed E-state index contributed by atoms with van der Waals surface area (Å²) in [4.78, 5) is 31.9. The van der Waals surface area contributed by atoms with E-state index < -0.39 is 0 Å². The summed E-state index contributed by atoms with van der Waals surface area (Å²) in [7, 11) is 0. The fourth-order valence-electron chi connectivity index (χ4n) is 7.47. The Bertz CT molecular complexity index is 2430. The van der Waals surface area contributed by atoms with Crippen molar-refractivity contribution in [2.45, 2.75) is 38.8 Å². The van der Waals surface area contributed by atoms with Crippen LogP contribution in [0, 0.1) is 36.5 Å². The van der Waals surface area contributed by atoms with Gasteiger partial charge in [-0.2, -0.15) is 10.5 Å². The zero-order valence-electron chi connectivity index (χ0n) is 31.9. The quantitative estimate of drug-likeness (QED) is 0.156. The number of amides is 2. The number of carbonyl (C=O) groups excluding carboxylic acids is 2. The van der Waals surface area contributed by atoms with Gasteiger partial charge in [0.05, 0.1) is 45.0 Å². The molecule has 2 aliphatic rings. The summed E-state index contributed by atoms with van der Waals surface area (Å²) < 4.78 is 1.52. The van der Waals surface area contributed by atoms with E-state index >= 15 is 0 Å². The fourth-order valence-corrected chi connectivity index (χ4v) is 10.2. The van der Waals surface area contributed by atoms with Crippen LogP contribution in [0.2, 0.25) is 8.67 Å². The summed E-state index contributed by atoms with van der Waals surface area (Å²) in [5, 5.41) is 17.8. The largest absolute Gasteiger partial charge is 0.333 e. The number of nitrogens with zero attached hydrogens (tertiary/aromatic N) is 4. The number of hydrogen-bond acceptors (Lipinski definition) is 6. The lowest BCUT2D eigenvalue weighted by atomic mass is 9.86. The van der Waals surface area contributed by atoms with Gasteiger partial charge in [0.2, 0.25) is 11.8 Å². The fraction of sp³-hybridized carbons (Fsp3) is 0.167. The van der Waals surface area contributed by atoms with Crippen LogP contribution in [0.3, 0.4) is 0 Å². The number of halogens is 2. The van der Waals surface area contributed by atoms with Crippen LogP contribution in [-0.2, 0) is 22.7 Å². The third-order valence-electron chi connectivity index (χ3n) is 10.5. The Balaban J connectivity index is 0.000000177. The topological polar surface area (TPSA) is 88.2 Å². The van der Waals surface area contributed by atoms with E-state index in [1.54, 1.807) is 71.2 Å². The molecule has 0 bridgehead atoms. The molecule has 2 atom stereocenters. The van der Waals surface area contributed by atoms with Crippen molar-refractivity contribution in [1.82, 2.24) is 9.80 Å². The molecule has 2 amide bonds. The molecule has 2 aliphatic heterocycles. The Morgan fingerprint density at radius 1 is 0.603 bits per heavy atom. The highest BCUT2D eigenvalue weighted by atomic mass is 35.5. The lowest BCUT2D eigenvalue weighted by Gasteiger charge is -2.33. The van der Waals surface area contributed by atoms with Gasteiger partial charge in [0.1, 0.15) is 0 Å². The molecular weight excluding hydrogens is 800 g/mol. The number of rotatable bonds is 6. The van der Waals surface area contributed by atoms with Crippen molar-refractivity contribution >= 4 is 69.8 Å². The SMILES string of the molecule is Cc1ccccc1[C@@H]1CN(C(=O)/C=C/c2ccc(C#N)cc2)Cc2sc(Cl)cc21.Cc1ccccc1[C@H]1CN(C(=O)/C=C/c2ccc(C#N)cc2)Cc2sc(Cl)cc21. The maximum Gasteiger partial charge on any atom is 0.246 e. The van der Waals surface area contributed by atoms with Crippen molar-refractivity contribution in [2.75, 3.05) is 13.1 Å². The van der Waals surface area contributed by atoms with E-state index in [1.807, 2.05) is 70.5 Å². The van der Waals surface area contributed by atoms with Crippen LogP contribution in [-0.4, -0.2) is 34.7 Å². The summed E-state index contributed by atoms with van der Waals surface area (Å²) in [5.74, 6) is 0.193. The van der Waals surface area contributed by atoms with Crippen molar-refractivity contribution in [2.24, 2.45) is 0 Å². The van der Waals surface area contributed by atoms with Crippen LogP contribution in [0.5, 0.6) is 0 Å². The third kappa shape index (κ3) is 9.34. The average Bonchev–Trinajstić information content (AvgIpc) is 3.82. The molecule has 0 spiro atoms. The number of thiophene rings is 2. The molecule has 0 aliphatic carbocycles. The molecular formula is C48H38Cl2N4O2S2. The second kappa shape index (κ2) is 18.2. The number of aryl methyl sites for hydroxylation is 2. The Labute approximate surface area is 357 Å². The molecule has 6 nitrogen and oxygen atoms in total. The number of nitriles is 2. The number of fused-ring (bicyclic) bond motifs is 2. The van der Waals surface area contributed by atoms with Gasteiger partial charge in [-0.15, -0.1) is 22.7 Å². The Hall–Kier alpha value is -5.74. The van der Waals surface area contributed by atoms with E-state index in [1.165, 1.54) is 33.4 Å². The van der Waals surface area contributed by atoms with E-state index in [-0.39, 0.29) is 23.7 Å². The molecule has 0 radical (unpaired) electrons. The summed E-state index contributed by atoms with van der Waals surface area (Å²) in [5.41, 5.74) is 10.4. The molecule has 4 heterocycles. The zero-order chi connectivity index (χ0) is 40.8. The van der Waals surface area contributed by atoms with Crippen LogP contribution < -0.4 is 0 Å². The second-order valence-corrected chi connectivity index (χ2v) is 17.8. The highest BCUT2D eigenvalue weighted by Gasteiger charge is 2.32. The monoisotopic (exact) mass is 836 g/mol. The van der Waals surface area contributed by atoms with Crippen molar-refractivity contribution in [1.29, 1.82) is 10.5 Å². The first-order valence-electron chi connectivity index (χ1n) is 18.7. The predicted molar refractivity (Wildman–Crippen MR) is 236 cm³/mol. The molecule has 6 aromatic rings. The van der Waals surface area contributed by atoms with Crippen molar-refractivity contribution < 1.29 is 9.59 Å². The minimum absolute atomic E-state index is 0.0249. The number of hydrogen-bond donors (Lipinski definition) is 0. The van der Waals surface area contributed by atoms with E-state index in [2.05, 4.69) is 50.3 Å². The van der Waals surface area contributed by atoms with Gasteiger partial charge in [-0.1, -0.05) is 96.0 Å². The Morgan fingerprint density at radius 3 is 1.34 bits per heavy atom. The van der Waals surface area contributed by atoms with Gasteiger partial charge in [0, 0.05) is 46.8 Å². The van der Waals surface area contributed by atoms with Gasteiger partial charge in [-0.05, 0) is 107 Å². The van der Waals surface area contributed by atoms with E-state index in [9.17, 15) is 9.59 Å². The lowest BCUT2D eigenvalue weighted by Crippen LogP contribution is -2.37. The molecule has 288 valence electrons. The van der Waals surface area contributed by atoms with E-state index in [0.29, 0.717) is 37.3 Å². The van der Waals surface area contributed by atoms with Gasteiger partial charge >= 0.3 is 0 Å². The number of benzene rings is 4. The van der Waals surface area contributed by atoms with Crippen LogP contribution in [0.15, 0.2) is 121 Å². The van der Waals surface area contributed by atoms with Crippen LogP contribution in [0.4, 0.5) is 0 Å². The Kier molecular flexibility index (Phi) is 12.7. The third-order valence-corrected chi connectivity index (χ3v) is 13.0. The molecule has 2 aromatic heterocycles. The van der Waals surface area contributed by atoms with Crippen molar-refractivity contribution in [3.63, 3.8) is 0 Å². The van der Waals surface area contributed by atoms with E-state index in [4.69, 9.17) is 33.7 Å². The molecule has 10 heteroatoms. The predicted octanol–water partition coefficient (Wildman–Crippen LogP) is 11.5. The van der Waals surface area contributed by atoms with Gasteiger partial charge < -0.3 is 9.80 Å². The molecule has 0 saturated carbocycles. The van der Waals surface area contributed by atoms with Gasteiger partial charge in [-0.25, -0.2) is 0 Å². The molecule has 0 saturated heterocycles. The summed E-state index contributed by atoms with van der Waals surface area (Å²) >= 11 is 15.7. The zero-order valence-corrected chi connectivity index (χ0v) is 35.0. The number of carbonyl (C=O) groups is 2. The normalized spacial score (nSPS) is 15.9. The van der Waals surface area contributed by atoms with Crippen molar-refractivity contribution in [3.05, 3.63) is 195 Å². The summed E-state index contributed by atoms with van der Waals surface area (Å²) in [6.45, 7) is 6.61. The van der Waals surface area contributed by atoms with Gasteiger partial charge in [0.25, 0.3) is 0 Å². The summed E-state index contributed by atoms with van der Waals surface area (Å²) in [6.07, 6.45) is 6.80. The highest BCUT2D eigenvalue weighted by Crippen LogP contribution is 2.42. The first-order chi connectivity index (χ1) is 28.1. The maximum absolute atomic E-state index is 12.9. The van der Waals surface area contributed by atoms with Gasteiger partial charge in [0.15, 0.2) is 0 Å². The second-order valence-electron chi connectivity index (χ2n) is 14.2. The molecule has 4 aromatic carbocycles. The smallest absolute Gasteiger partial charge is 0.246 e. The van der Waals surface area contributed by atoms with E-state index in [0.717, 1.165) is 29.6 Å². The van der Waals surface area contributed by atoms with Crippen LogP contribution in [0.1, 0.15) is 77.2 Å². The van der Waals surface area contributed by atoms with Crippen LogP contribution in [0.25, 0.3) is 12.2 Å². The minimum atomic E-state index is -0.0249. The standard InChI is InChI=1S/2C24H19ClN2OS/c2*1-16-4-2-3-5-19(16)21-14-27(15-22-20(21)12-23(25)29-22)24(28)11-10-17-6-8-18(13-26)9-7-17/h2*2-12,21H,14-15H2,1H3/b2*11-10+/t2*21-/m10/s1. The molecule has 0 N–H and O–H groups in total. The van der Waals surface area contributed by atoms with Gasteiger partial charge in [-0.3, -0.25) is 9.59 Å². The first-order valence-corrected chi connectivity index (χ1v) is 21.1. The Morgan fingerprint density at radius 2 is 0.983 bits per heavy atom.